The van der Waals surface area contributed by atoms with Crippen molar-refractivity contribution in [2.45, 2.75) is 6.10 Å². The fourth-order valence-electron chi connectivity index (χ4n) is 1.69. The van der Waals surface area contributed by atoms with Crippen molar-refractivity contribution >= 4 is 37.7 Å². The van der Waals surface area contributed by atoms with Crippen molar-refractivity contribution in [3.63, 3.8) is 0 Å². The zero-order valence-electron chi connectivity index (χ0n) is 8.70. The molecule has 1 aromatic heterocycles. The zero-order chi connectivity index (χ0) is 11.5. The van der Waals surface area contributed by atoms with E-state index in [1.54, 1.807) is 6.20 Å². The standard InChI is InChI=1S/C10H13Br2N3O/c11-7-3-9(12)10(14-5-7)15-1-2-16-8(4-13)6-15/h3,5,8H,1-2,4,6,13H2. The maximum absolute atomic E-state index is 5.61. The molecule has 1 aromatic rings. The van der Waals surface area contributed by atoms with Crippen LogP contribution in [0.3, 0.4) is 0 Å². The number of hydrogen-bond acceptors (Lipinski definition) is 4. The number of nitrogens with zero attached hydrogens (tertiary/aromatic N) is 2. The minimum Gasteiger partial charge on any atom is -0.373 e. The van der Waals surface area contributed by atoms with Crippen LogP contribution in [0.25, 0.3) is 0 Å². The van der Waals surface area contributed by atoms with Gasteiger partial charge in [0.25, 0.3) is 0 Å². The number of aromatic nitrogens is 1. The maximum atomic E-state index is 5.61. The van der Waals surface area contributed by atoms with E-state index in [1.165, 1.54) is 0 Å². The quantitative estimate of drug-likeness (QED) is 0.883. The lowest BCUT2D eigenvalue weighted by molar-refractivity contribution is 0.0462. The van der Waals surface area contributed by atoms with E-state index in [2.05, 4.69) is 41.7 Å². The summed E-state index contributed by atoms with van der Waals surface area (Å²) in [4.78, 5) is 6.60. The fourth-order valence-corrected chi connectivity index (χ4v) is 2.93. The van der Waals surface area contributed by atoms with E-state index in [0.29, 0.717) is 13.2 Å². The molecule has 0 bridgehead atoms. The number of pyridine rings is 1. The molecule has 2 N–H and O–H groups in total. The first-order valence-electron chi connectivity index (χ1n) is 5.08. The highest BCUT2D eigenvalue weighted by Gasteiger charge is 2.21. The van der Waals surface area contributed by atoms with E-state index >= 15 is 0 Å². The second-order valence-corrected chi connectivity index (χ2v) is 5.40. The molecule has 16 heavy (non-hydrogen) atoms. The van der Waals surface area contributed by atoms with Crippen LogP contribution in [-0.4, -0.2) is 37.3 Å². The summed E-state index contributed by atoms with van der Waals surface area (Å²) in [7, 11) is 0. The van der Waals surface area contributed by atoms with Crippen LogP contribution in [0.15, 0.2) is 21.2 Å². The van der Waals surface area contributed by atoms with Crippen molar-refractivity contribution in [2.75, 3.05) is 31.1 Å². The summed E-state index contributed by atoms with van der Waals surface area (Å²) in [5, 5.41) is 0. The first kappa shape index (κ1) is 12.3. The molecular formula is C10H13Br2N3O. The minimum atomic E-state index is 0.103. The number of halogens is 2. The summed E-state index contributed by atoms with van der Waals surface area (Å²) in [5.41, 5.74) is 5.61. The number of ether oxygens (including phenoxy) is 1. The molecule has 0 amide bonds. The van der Waals surface area contributed by atoms with Crippen LogP contribution in [0.2, 0.25) is 0 Å². The average Bonchev–Trinajstić information content (AvgIpc) is 2.29. The van der Waals surface area contributed by atoms with Crippen LogP contribution in [0.4, 0.5) is 5.82 Å². The van der Waals surface area contributed by atoms with E-state index in [1.807, 2.05) is 6.07 Å². The lowest BCUT2D eigenvalue weighted by atomic mass is 10.2. The minimum absolute atomic E-state index is 0.103. The van der Waals surface area contributed by atoms with Crippen molar-refractivity contribution in [2.24, 2.45) is 5.73 Å². The normalized spacial score (nSPS) is 21.2. The van der Waals surface area contributed by atoms with Gasteiger partial charge in [-0.3, -0.25) is 0 Å². The Morgan fingerprint density at radius 2 is 2.38 bits per heavy atom. The Morgan fingerprint density at radius 1 is 1.56 bits per heavy atom. The molecule has 0 radical (unpaired) electrons. The smallest absolute Gasteiger partial charge is 0.143 e. The second-order valence-electron chi connectivity index (χ2n) is 3.63. The van der Waals surface area contributed by atoms with Gasteiger partial charge in [0.15, 0.2) is 0 Å². The third kappa shape index (κ3) is 2.74. The number of hydrogen-bond donors (Lipinski definition) is 1. The molecule has 1 atom stereocenters. The SMILES string of the molecule is NCC1CN(c2ncc(Br)cc2Br)CCO1. The Kier molecular flexibility index (Phi) is 4.18. The largest absolute Gasteiger partial charge is 0.373 e. The zero-order valence-corrected chi connectivity index (χ0v) is 11.9. The van der Waals surface area contributed by atoms with Crippen LogP contribution in [0.1, 0.15) is 0 Å². The van der Waals surface area contributed by atoms with Crippen LogP contribution in [0, 0.1) is 0 Å². The third-order valence-electron chi connectivity index (χ3n) is 2.49. The summed E-state index contributed by atoms with van der Waals surface area (Å²) < 4.78 is 7.47. The molecule has 6 heteroatoms. The molecule has 0 saturated carbocycles. The topological polar surface area (TPSA) is 51.4 Å². The molecule has 0 aliphatic carbocycles. The molecular weight excluding hydrogens is 338 g/mol. The van der Waals surface area contributed by atoms with Gasteiger partial charge < -0.3 is 15.4 Å². The predicted octanol–water partition coefficient (Wildman–Crippen LogP) is 1.77. The maximum Gasteiger partial charge on any atom is 0.143 e. The van der Waals surface area contributed by atoms with Crippen LogP contribution >= 0.6 is 31.9 Å². The molecule has 1 fully saturated rings. The lowest BCUT2D eigenvalue weighted by Crippen LogP contribution is -2.46. The molecule has 1 saturated heterocycles. The molecule has 1 aliphatic rings. The number of anilines is 1. The van der Waals surface area contributed by atoms with E-state index in [4.69, 9.17) is 10.5 Å². The van der Waals surface area contributed by atoms with E-state index in [-0.39, 0.29) is 6.10 Å². The highest BCUT2D eigenvalue weighted by Crippen LogP contribution is 2.27. The Hall–Kier alpha value is -0.170. The highest BCUT2D eigenvalue weighted by molar-refractivity contribution is 9.11. The Labute approximate surface area is 111 Å². The molecule has 0 aromatic carbocycles. The van der Waals surface area contributed by atoms with Crippen LogP contribution in [-0.2, 0) is 4.74 Å². The predicted molar refractivity (Wildman–Crippen MR) is 70.6 cm³/mol. The first-order chi connectivity index (χ1) is 7.70. The van der Waals surface area contributed by atoms with E-state index in [9.17, 15) is 0 Å². The van der Waals surface area contributed by atoms with Crippen LogP contribution in [0.5, 0.6) is 0 Å². The van der Waals surface area contributed by atoms with Gasteiger partial charge in [0.2, 0.25) is 0 Å². The molecule has 4 nitrogen and oxygen atoms in total. The summed E-state index contributed by atoms with van der Waals surface area (Å²) in [6, 6.07) is 2.00. The molecule has 88 valence electrons. The number of rotatable bonds is 2. The number of morpholine rings is 1. The van der Waals surface area contributed by atoms with Crippen molar-refractivity contribution in [1.29, 1.82) is 0 Å². The van der Waals surface area contributed by atoms with Gasteiger partial charge in [-0.15, -0.1) is 0 Å². The summed E-state index contributed by atoms with van der Waals surface area (Å²) in [6.07, 6.45) is 1.90. The monoisotopic (exact) mass is 349 g/mol. The molecule has 2 rings (SSSR count). The summed E-state index contributed by atoms with van der Waals surface area (Å²) in [6.45, 7) is 2.89. The second kappa shape index (κ2) is 5.44. The molecule has 1 aliphatic heterocycles. The van der Waals surface area contributed by atoms with Gasteiger partial charge in [0.1, 0.15) is 5.82 Å². The summed E-state index contributed by atoms with van der Waals surface area (Å²) >= 11 is 6.91. The first-order valence-corrected chi connectivity index (χ1v) is 6.67. The molecule has 1 unspecified atom stereocenters. The average molecular weight is 351 g/mol. The van der Waals surface area contributed by atoms with E-state index < -0.39 is 0 Å². The van der Waals surface area contributed by atoms with Crippen molar-refractivity contribution in [3.8, 4) is 0 Å². The Balaban J connectivity index is 2.16. The van der Waals surface area contributed by atoms with Crippen molar-refractivity contribution < 1.29 is 4.74 Å². The third-order valence-corrected chi connectivity index (χ3v) is 3.51. The van der Waals surface area contributed by atoms with Gasteiger partial charge in [-0.25, -0.2) is 4.98 Å². The lowest BCUT2D eigenvalue weighted by Gasteiger charge is -2.33. The van der Waals surface area contributed by atoms with Crippen molar-refractivity contribution in [1.82, 2.24) is 4.98 Å². The van der Waals surface area contributed by atoms with E-state index in [0.717, 1.165) is 27.9 Å². The summed E-state index contributed by atoms with van der Waals surface area (Å²) in [5.74, 6) is 0.949. The number of nitrogens with two attached hydrogens (primary N) is 1. The van der Waals surface area contributed by atoms with Crippen LogP contribution < -0.4 is 10.6 Å². The van der Waals surface area contributed by atoms with Gasteiger partial charge in [-0.05, 0) is 37.9 Å². The van der Waals surface area contributed by atoms with Gasteiger partial charge in [-0.1, -0.05) is 0 Å². The Morgan fingerprint density at radius 3 is 3.06 bits per heavy atom. The van der Waals surface area contributed by atoms with Crippen molar-refractivity contribution in [3.05, 3.63) is 21.2 Å². The molecule has 2 heterocycles. The van der Waals surface area contributed by atoms with Gasteiger partial charge in [-0.2, -0.15) is 0 Å². The highest BCUT2D eigenvalue weighted by atomic mass is 79.9. The van der Waals surface area contributed by atoms with Gasteiger partial charge in [0.05, 0.1) is 17.2 Å². The molecule has 0 spiro atoms. The van der Waals surface area contributed by atoms with Gasteiger partial charge in [0, 0.05) is 30.3 Å². The van der Waals surface area contributed by atoms with Gasteiger partial charge >= 0.3 is 0 Å². The Bertz CT molecular complexity index is 375. The fraction of sp³-hybridized carbons (Fsp3) is 0.500.